The summed E-state index contributed by atoms with van der Waals surface area (Å²) >= 11 is 5.79. The van der Waals surface area contributed by atoms with E-state index in [1.165, 1.54) is 18.6 Å². The number of carbonyl (C=O) groups excluding carboxylic acids is 2. The zero-order valence-corrected chi connectivity index (χ0v) is 11.6. The Morgan fingerprint density at radius 2 is 2.00 bits per heavy atom. The zero-order valence-electron chi connectivity index (χ0n) is 10.9. The second kappa shape index (κ2) is 6.84. The van der Waals surface area contributed by atoms with Gasteiger partial charge in [-0.25, -0.2) is 14.8 Å². The number of nitrogens with zero attached hydrogens (tertiary/aromatic N) is 3. The number of halogens is 1. The molecule has 0 aliphatic rings. The predicted molar refractivity (Wildman–Crippen MR) is 69.8 cm³/mol. The van der Waals surface area contributed by atoms with Crippen LogP contribution < -0.4 is 0 Å². The fourth-order valence-electron chi connectivity index (χ4n) is 1.27. The lowest BCUT2D eigenvalue weighted by Crippen LogP contribution is -2.20. The van der Waals surface area contributed by atoms with Gasteiger partial charge in [0.15, 0.2) is 5.15 Å². The van der Waals surface area contributed by atoms with Crippen molar-refractivity contribution in [1.29, 1.82) is 0 Å². The van der Waals surface area contributed by atoms with Gasteiger partial charge in [0.25, 0.3) is 0 Å². The van der Waals surface area contributed by atoms with Crippen LogP contribution in [0, 0.1) is 0 Å². The van der Waals surface area contributed by atoms with Gasteiger partial charge >= 0.3 is 5.97 Å². The summed E-state index contributed by atoms with van der Waals surface area (Å²) in [7, 11) is 3.37. The third-order valence-corrected chi connectivity index (χ3v) is 2.27. The van der Waals surface area contributed by atoms with Crippen molar-refractivity contribution in [1.82, 2.24) is 14.9 Å². The molecule has 7 heteroatoms. The molecule has 0 aliphatic carbocycles. The van der Waals surface area contributed by atoms with E-state index in [2.05, 4.69) is 9.97 Å². The minimum absolute atomic E-state index is 0.0542. The lowest BCUT2D eigenvalue weighted by molar-refractivity contribution is -0.138. The largest absolute Gasteiger partial charge is 0.462 e. The summed E-state index contributed by atoms with van der Waals surface area (Å²) in [5.74, 6) is -1.34. The van der Waals surface area contributed by atoms with Crippen molar-refractivity contribution in [3.8, 4) is 0 Å². The molecule has 0 spiro atoms. The van der Waals surface area contributed by atoms with Crippen molar-refractivity contribution in [2.24, 2.45) is 0 Å². The van der Waals surface area contributed by atoms with E-state index in [4.69, 9.17) is 16.3 Å². The van der Waals surface area contributed by atoms with Crippen molar-refractivity contribution in [3.05, 3.63) is 35.0 Å². The molecule has 1 rings (SSSR count). The molecule has 0 atom stereocenters. The lowest BCUT2D eigenvalue weighted by atomic mass is 10.1. The quantitative estimate of drug-likeness (QED) is 0.267. The van der Waals surface area contributed by atoms with Gasteiger partial charge < -0.3 is 9.64 Å². The number of hydrogen-bond donors (Lipinski definition) is 0. The summed E-state index contributed by atoms with van der Waals surface area (Å²) in [4.78, 5) is 33.2. The molecule has 0 N–H and O–H groups in total. The van der Waals surface area contributed by atoms with Gasteiger partial charge in [0.2, 0.25) is 5.78 Å². The Morgan fingerprint density at radius 3 is 2.53 bits per heavy atom. The number of esters is 1. The van der Waals surface area contributed by atoms with Crippen molar-refractivity contribution < 1.29 is 14.3 Å². The smallest absolute Gasteiger partial charge is 0.343 e. The number of aromatic nitrogens is 2. The minimum Gasteiger partial charge on any atom is -0.462 e. The maximum Gasteiger partial charge on any atom is 0.343 e. The van der Waals surface area contributed by atoms with Gasteiger partial charge in [-0.05, 0) is 6.92 Å². The summed E-state index contributed by atoms with van der Waals surface area (Å²) < 4.78 is 4.84. The minimum atomic E-state index is -0.720. The number of rotatable bonds is 5. The fraction of sp³-hybridized carbons (Fsp3) is 0.333. The SMILES string of the molecule is CCOC(=O)C(=CN(C)C)C(=O)c1nccnc1Cl. The molecule has 1 aromatic rings. The lowest BCUT2D eigenvalue weighted by Gasteiger charge is -2.10. The Hall–Kier alpha value is -1.95. The second-order valence-corrected chi connectivity index (χ2v) is 4.11. The maximum absolute atomic E-state index is 12.2. The van der Waals surface area contributed by atoms with Crippen LogP contribution in [0.4, 0.5) is 0 Å². The maximum atomic E-state index is 12.2. The molecule has 0 fully saturated rings. The molecule has 0 radical (unpaired) electrons. The average Bonchev–Trinajstić information content (AvgIpc) is 2.36. The molecule has 1 aromatic heterocycles. The van der Waals surface area contributed by atoms with Crippen LogP contribution >= 0.6 is 11.6 Å². The molecule has 102 valence electrons. The van der Waals surface area contributed by atoms with Gasteiger partial charge in [0, 0.05) is 32.7 Å². The topological polar surface area (TPSA) is 72.4 Å². The normalized spacial score (nSPS) is 11.1. The Bertz CT molecular complexity index is 515. The molecule has 6 nitrogen and oxygen atoms in total. The summed E-state index contributed by atoms with van der Waals surface area (Å²) in [6.45, 7) is 1.83. The van der Waals surface area contributed by atoms with Gasteiger partial charge in [-0.1, -0.05) is 11.6 Å². The Labute approximate surface area is 116 Å². The first-order valence-corrected chi connectivity index (χ1v) is 5.91. The van der Waals surface area contributed by atoms with Crippen LogP contribution in [0.25, 0.3) is 0 Å². The first-order chi connectivity index (χ1) is 8.97. The highest BCUT2D eigenvalue weighted by Crippen LogP contribution is 2.15. The molecule has 0 amide bonds. The van der Waals surface area contributed by atoms with E-state index < -0.39 is 11.8 Å². The molecule has 19 heavy (non-hydrogen) atoms. The van der Waals surface area contributed by atoms with Crippen LogP contribution in [0.2, 0.25) is 5.15 Å². The third kappa shape index (κ3) is 4.03. The van der Waals surface area contributed by atoms with Crippen molar-refractivity contribution in [3.63, 3.8) is 0 Å². The number of ether oxygens (including phenoxy) is 1. The first kappa shape index (κ1) is 15.1. The highest BCUT2D eigenvalue weighted by molar-refractivity contribution is 6.35. The van der Waals surface area contributed by atoms with Crippen LogP contribution in [0.3, 0.4) is 0 Å². The van der Waals surface area contributed by atoms with E-state index in [1.54, 1.807) is 25.9 Å². The predicted octanol–water partition coefficient (Wildman–Crippen LogP) is 1.32. The molecule has 1 heterocycles. The third-order valence-electron chi connectivity index (χ3n) is 2.00. The van der Waals surface area contributed by atoms with E-state index in [-0.39, 0.29) is 23.0 Å². The zero-order chi connectivity index (χ0) is 14.4. The van der Waals surface area contributed by atoms with Crippen LogP contribution in [-0.2, 0) is 9.53 Å². The van der Waals surface area contributed by atoms with Gasteiger partial charge in [0.1, 0.15) is 11.3 Å². The summed E-state index contributed by atoms with van der Waals surface area (Å²) in [5.41, 5.74) is -0.223. The van der Waals surface area contributed by atoms with Gasteiger partial charge in [-0.15, -0.1) is 0 Å². The fourth-order valence-corrected chi connectivity index (χ4v) is 1.46. The van der Waals surface area contributed by atoms with Crippen molar-refractivity contribution in [2.45, 2.75) is 6.92 Å². The molecule has 0 saturated carbocycles. The van der Waals surface area contributed by atoms with Gasteiger partial charge in [-0.2, -0.15) is 0 Å². The summed E-state index contributed by atoms with van der Waals surface area (Å²) in [6.07, 6.45) is 4.06. The average molecular weight is 284 g/mol. The molecule has 0 bridgehead atoms. The van der Waals surface area contributed by atoms with E-state index in [9.17, 15) is 9.59 Å². The standard InChI is InChI=1S/C12H14ClN3O3/c1-4-19-12(18)8(7-16(2)3)10(17)9-11(13)15-6-5-14-9/h5-7H,4H2,1-3H3. The Balaban J connectivity index is 3.16. The van der Waals surface area contributed by atoms with Crippen LogP contribution in [0.15, 0.2) is 24.2 Å². The van der Waals surface area contributed by atoms with E-state index in [0.717, 1.165) is 0 Å². The number of hydrogen-bond acceptors (Lipinski definition) is 6. The number of Topliss-reactive ketones (excluding diaryl/α,β-unsaturated/α-hetero) is 1. The molecule has 0 aromatic carbocycles. The summed E-state index contributed by atoms with van der Waals surface area (Å²) in [5, 5.41) is -0.0542. The summed E-state index contributed by atoms with van der Waals surface area (Å²) in [6, 6.07) is 0. The molecular formula is C12H14ClN3O3. The second-order valence-electron chi connectivity index (χ2n) is 3.75. The van der Waals surface area contributed by atoms with Crippen LogP contribution in [0.5, 0.6) is 0 Å². The highest BCUT2D eigenvalue weighted by atomic mass is 35.5. The van der Waals surface area contributed by atoms with E-state index in [0.29, 0.717) is 0 Å². The van der Waals surface area contributed by atoms with Crippen molar-refractivity contribution >= 4 is 23.4 Å². The number of carbonyl (C=O) groups is 2. The molecule has 0 saturated heterocycles. The van der Waals surface area contributed by atoms with E-state index in [1.807, 2.05) is 0 Å². The monoisotopic (exact) mass is 283 g/mol. The van der Waals surface area contributed by atoms with Crippen LogP contribution in [-0.4, -0.2) is 47.3 Å². The molecule has 0 aliphatic heterocycles. The first-order valence-electron chi connectivity index (χ1n) is 5.54. The van der Waals surface area contributed by atoms with Crippen LogP contribution in [0.1, 0.15) is 17.4 Å². The number of ketones is 1. The Morgan fingerprint density at radius 1 is 1.37 bits per heavy atom. The molecule has 0 unspecified atom stereocenters. The molecular weight excluding hydrogens is 270 g/mol. The Kier molecular flexibility index (Phi) is 5.44. The van der Waals surface area contributed by atoms with Crippen molar-refractivity contribution in [2.75, 3.05) is 20.7 Å². The highest BCUT2D eigenvalue weighted by Gasteiger charge is 2.25. The van der Waals surface area contributed by atoms with Gasteiger partial charge in [-0.3, -0.25) is 4.79 Å². The van der Waals surface area contributed by atoms with E-state index >= 15 is 0 Å². The van der Waals surface area contributed by atoms with Gasteiger partial charge in [0.05, 0.1) is 6.61 Å².